The van der Waals surface area contributed by atoms with Gasteiger partial charge in [0.2, 0.25) is 5.91 Å². The Kier molecular flexibility index (Phi) is 5.56. The molecule has 1 rings (SSSR count). The van der Waals surface area contributed by atoms with Crippen molar-refractivity contribution in [3.05, 3.63) is 23.0 Å². The third-order valence-corrected chi connectivity index (χ3v) is 3.06. The number of halogens is 1. The van der Waals surface area contributed by atoms with Crippen LogP contribution < -0.4 is 11.1 Å². The molecule has 18 heavy (non-hydrogen) atoms. The summed E-state index contributed by atoms with van der Waals surface area (Å²) in [7, 11) is 0. The van der Waals surface area contributed by atoms with E-state index in [1.165, 1.54) is 0 Å². The zero-order chi connectivity index (χ0) is 13.7. The predicted octanol–water partition coefficient (Wildman–Crippen LogP) is 2.60. The van der Waals surface area contributed by atoms with Crippen molar-refractivity contribution < 1.29 is 4.79 Å². The molecule has 0 saturated heterocycles. The van der Waals surface area contributed by atoms with E-state index in [4.69, 9.17) is 17.3 Å². The van der Waals surface area contributed by atoms with Gasteiger partial charge in [-0.1, -0.05) is 25.4 Å². The Morgan fingerprint density at radius 1 is 1.56 bits per heavy atom. The summed E-state index contributed by atoms with van der Waals surface area (Å²) in [6, 6.07) is 1.81. The molecule has 1 amide bonds. The molecule has 1 atom stereocenters. The second-order valence-electron chi connectivity index (χ2n) is 4.85. The van der Waals surface area contributed by atoms with Gasteiger partial charge in [-0.2, -0.15) is 0 Å². The first-order valence-electron chi connectivity index (χ1n) is 6.07. The highest BCUT2D eigenvalue weighted by molar-refractivity contribution is 6.32. The van der Waals surface area contributed by atoms with Crippen LogP contribution in [0.4, 0.5) is 5.69 Å². The second kappa shape index (κ2) is 6.71. The van der Waals surface area contributed by atoms with Crippen molar-refractivity contribution in [3.63, 3.8) is 0 Å². The summed E-state index contributed by atoms with van der Waals surface area (Å²) in [5.41, 5.74) is 7.11. The van der Waals surface area contributed by atoms with E-state index < -0.39 is 0 Å². The number of aryl methyl sites for hydroxylation is 1. The van der Waals surface area contributed by atoms with E-state index in [1.54, 1.807) is 12.3 Å². The number of hydrogen-bond acceptors (Lipinski definition) is 3. The van der Waals surface area contributed by atoms with Crippen molar-refractivity contribution in [2.24, 2.45) is 17.6 Å². The summed E-state index contributed by atoms with van der Waals surface area (Å²) in [6.07, 6.45) is 2.38. The molecule has 0 aliphatic rings. The first kappa shape index (κ1) is 14.9. The third kappa shape index (κ3) is 3.96. The summed E-state index contributed by atoms with van der Waals surface area (Å²) in [4.78, 5) is 16.1. The van der Waals surface area contributed by atoms with Crippen LogP contribution in [0.5, 0.6) is 0 Å². The molecule has 1 aromatic heterocycles. The van der Waals surface area contributed by atoms with E-state index >= 15 is 0 Å². The maximum absolute atomic E-state index is 12.1. The zero-order valence-corrected chi connectivity index (χ0v) is 11.8. The minimum atomic E-state index is -0.194. The molecule has 0 saturated carbocycles. The van der Waals surface area contributed by atoms with Gasteiger partial charge in [0.15, 0.2) is 5.15 Å². The number of carbonyl (C=O) groups is 1. The lowest BCUT2D eigenvalue weighted by atomic mass is 9.96. The Labute approximate surface area is 113 Å². The van der Waals surface area contributed by atoms with Crippen LogP contribution in [0.3, 0.4) is 0 Å². The van der Waals surface area contributed by atoms with Crippen LogP contribution in [-0.4, -0.2) is 17.4 Å². The minimum Gasteiger partial charge on any atom is -0.330 e. The highest BCUT2D eigenvalue weighted by Crippen LogP contribution is 2.24. The van der Waals surface area contributed by atoms with Crippen molar-refractivity contribution >= 4 is 23.2 Å². The van der Waals surface area contributed by atoms with Gasteiger partial charge in [0.1, 0.15) is 0 Å². The fraction of sp³-hybridized carbons (Fsp3) is 0.538. The van der Waals surface area contributed by atoms with Crippen molar-refractivity contribution in [2.45, 2.75) is 27.2 Å². The van der Waals surface area contributed by atoms with Crippen LogP contribution in [0, 0.1) is 18.8 Å². The van der Waals surface area contributed by atoms with Crippen molar-refractivity contribution in [2.75, 3.05) is 11.9 Å². The molecular formula is C13H20ClN3O. The number of anilines is 1. The first-order chi connectivity index (χ1) is 8.45. The SMILES string of the molecule is Cc1ccnc(Cl)c1NC(=O)C(CN)CC(C)C. The molecule has 100 valence electrons. The van der Waals surface area contributed by atoms with Crippen molar-refractivity contribution in [1.82, 2.24) is 4.98 Å². The number of nitrogens with one attached hydrogen (secondary N) is 1. The summed E-state index contributed by atoms with van der Waals surface area (Å²) < 4.78 is 0. The van der Waals surface area contributed by atoms with Gasteiger partial charge in [0, 0.05) is 12.7 Å². The Balaban J connectivity index is 2.80. The molecule has 4 nitrogen and oxygen atoms in total. The van der Waals surface area contributed by atoms with Gasteiger partial charge in [0.05, 0.1) is 11.6 Å². The van der Waals surface area contributed by atoms with Gasteiger partial charge < -0.3 is 11.1 Å². The number of nitrogens with zero attached hydrogens (tertiary/aromatic N) is 1. The summed E-state index contributed by atoms with van der Waals surface area (Å²) in [5.74, 6) is 0.139. The van der Waals surface area contributed by atoms with Gasteiger partial charge >= 0.3 is 0 Å². The topological polar surface area (TPSA) is 68.0 Å². The van der Waals surface area contributed by atoms with Crippen molar-refractivity contribution in [3.8, 4) is 0 Å². The number of carbonyl (C=O) groups excluding carboxylic acids is 1. The van der Waals surface area contributed by atoms with Crippen LogP contribution in [-0.2, 0) is 4.79 Å². The largest absolute Gasteiger partial charge is 0.330 e. The first-order valence-corrected chi connectivity index (χ1v) is 6.45. The molecule has 5 heteroatoms. The van der Waals surface area contributed by atoms with Gasteiger partial charge in [-0.25, -0.2) is 4.98 Å². The Morgan fingerprint density at radius 2 is 2.22 bits per heavy atom. The van der Waals surface area contributed by atoms with Crippen LogP contribution in [0.2, 0.25) is 5.15 Å². The van der Waals surface area contributed by atoms with Gasteiger partial charge in [0.25, 0.3) is 0 Å². The average molecular weight is 270 g/mol. The lowest BCUT2D eigenvalue weighted by molar-refractivity contribution is -0.120. The normalized spacial score (nSPS) is 12.6. The number of pyridine rings is 1. The van der Waals surface area contributed by atoms with E-state index in [0.29, 0.717) is 23.3 Å². The summed E-state index contributed by atoms with van der Waals surface area (Å²) in [6.45, 7) is 6.35. The molecule has 3 N–H and O–H groups in total. The van der Waals surface area contributed by atoms with E-state index in [0.717, 1.165) is 12.0 Å². The standard InChI is InChI=1S/C13H20ClN3O/c1-8(2)6-10(7-15)13(18)17-11-9(3)4-5-16-12(11)14/h4-5,8,10H,6-7,15H2,1-3H3,(H,17,18). The fourth-order valence-corrected chi connectivity index (χ4v) is 2.03. The van der Waals surface area contributed by atoms with Crippen LogP contribution in [0.25, 0.3) is 0 Å². The monoisotopic (exact) mass is 269 g/mol. The van der Waals surface area contributed by atoms with Gasteiger partial charge in [-0.3, -0.25) is 4.79 Å². The quantitative estimate of drug-likeness (QED) is 0.808. The van der Waals surface area contributed by atoms with Gasteiger partial charge in [-0.05, 0) is 30.9 Å². The van der Waals surface area contributed by atoms with Crippen LogP contribution in [0.15, 0.2) is 12.3 Å². The minimum absolute atomic E-state index is 0.0933. The molecule has 0 aromatic carbocycles. The molecule has 0 bridgehead atoms. The average Bonchev–Trinajstić information content (AvgIpc) is 2.30. The maximum Gasteiger partial charge on any atom is 0.228 e. The summed E-state index contributed by atoms with van der Waals surface area (Å²) >= 11 is 5.97. The number of rotatable bonds is 5. The fourth-order valence-electron chi connectivity index (χ4n) is 1.78. The lowest BCUT2D eigenvalue weighted by Crippen LogP contribution is -2.30. The smallest absolute Gasteiger partial charge is 0.228 e. The van der Waals surface area contributed by atoms with Crippen molar-refractivity contribution in [1.29, 1.82) is 0 Å². The maximum atomic E-state index is 12.1. The Hall–Kier alpha value is -1.13. The molecule has 1 heterocycles. The molecule has 1 aromatic rings. The highest BCUT2D eigenvalue weighted by atomic mass is 35.5. The second-order valence-corrected chi connectivity index (χ2v) is 5.20. The van der Waals surface area contributed by atoms with E-state index in [1.807, 2.05) is 6.92 Å². The molecule has 0 radical (unpaired) electrons. The number of amides is 1. The molecule has 1 unspecified atom stereocenters. The van der Waals surface area contributed by atoms with Crippen LogP contribution >= 0.6 is 11.6 Å². The van der Waals surface area contributed by atoms with E-state index in [9.17, 15) is 4.79 Å². The van der Waals surface area contributed by atoms with Crippen LogP contribution in [0.1, 0.15) is 25.8 Å². The molecule has 0 fully saturated rings. The molecule has 0 spiro atoms. The Morgan fingerprint density at radius 3 is 2.72 bits per heavy atom. The summed E-state index contributed by atoms with van der Waals surface area (Å²) in [5, 5.41) is 3.13. The zero-order valence-electron chi connectivity index (χ0n) is 11.0. The number of hydrogen-bond donors (Lipinski definition) is 2. The number of aromatic nitrogens is 1. The van der Waals surface area contributed by atoms with Gasteiger partial charge in [-0.15, -0.1) is 0 Å². The molecule has 0 aliphatic carbocycles. The Bertz CT molecular complexity index is 400. The number of nitrogens with two attached hydrogens (primary N) is 1. The lowest BCUT2D eigenvalue weighted by Gasteiger charge is -2.18. The van der Waals surface area contributed by atoms with E-state index in [-0.39, 0.29) is 11.8 Å². The van der Waals surface area contributed by atoms with E-state index in [2.05, 4.69) is 24.1 Å². The predicted molar refractivity (Wildman–Crippen MR) is 74.6 cm³/mol. The third-order valence-electron chi connectivity index (χ3n) is 2.77. The molecular weight excluding hydrogens is 250 g/mol. The molecule has 0 aliphatic heterocycles. The highest BCUT2D eigenvalue weighted by Gasteiger charge is 2.19.